The number of aromatic nitrogens is 5. The lowest BCUT2D eigenvalue weighted by Crippen LogP contribution is -2.45. The van der Waals surface area contributed by atoms with Gasteiger partial charge >= 0.3 is 0 Å². The molecule has 7 rings (SSSR count). The van der Waals surface area contributed by atoms with Crippen molar-refractivity contribution in [2.24, 2.45) is 18.7 Å². The Balaban J connectivity index is 1.27. The third kappa shape index (κ3) is 4.73. The van der Waals surface area contributed by atoms with Crippen LogP contribution in [0.4, 0.5) is 4.39 Å². The first-order valence-electron chi connectivity index (χ1n) is 14.1. The summed E-state index contributed by atoms with van der Waals surface area (Å²) in [4.78, 5) is 24.7. The summed E-state index contributed by atoms with van der Waals surface area (Å²) in [5.74, 6) is 2.06. The van der Waals surface area contributed by atoms with Gasteiger partial charge < -0.3 is 29.0 Å². The lowest BCUT2D eigenvalue weighted by atomic mass is 10.0. The molecule has 5 heterocycles. The Kier molecular flexibility index (Phi) is 6.45. The van der Waals surface area contributed by atoms with E-state index >= 15 is 0 Å². The number of carbonyl (C=O) groups excluding carboxylic acids is 1. The molecule has 2 N–H and O–H groups in total. The van der Waals surface area contributed by atoms with Gasteiger partial charge in [0.25, 0.3) is 5.91 Å². The second kappa shape index (κ2) is 10.3. The average Bonchev–Trinajstić information content (AvgIpc) is 3.35. The van der Waals surface area contributed by atoms with Crippen LogP contribution < -0.4 is 10.5 Å². The molecule has 1 fully saturated rings. The fourth-order valence-corrected chi connectivity index (χ4v) is 5.74. The van der Waals surface area contributed by atoms with Crippen LogP contribution in [0.3, 0.4) is 0 Å². The maximum Gasteiger partial charge on any atom is 0.255 e. The number of imidazole rings is 1. The monoisotopic (exact) mass is 557 g/mol. The van der Waals surface area contributed by atoms with Crippen molar-refractivity contribution in [1.82, 2.24) is 29.2 Å². The predicted molar refractivity (Wildman–Crippen MR) is 151 cm³/mol. The molecular weight excluding hydrogens is 525 g/mol. The molecule has 4 aromatic heterocycles. The van der Waals surface area contributed by atoms with E-state index in [9.17, 15) is 9.18 Å². The Hall–Kier alpha value is -4.25. The Morgan fingerprint density at radius 3 is 2.90 bits per heavy atom. The summed E-state index contributed by atoms with van der Waals surface area (Å²) >= 11 is 0. The average molecular weight is 558 g/mol. The highest BCUT2D eigenvalue weighted by Crippen LogP contribution is 2.39. The van der Waals surface area contributed by atoms with E-state index in [-0.39, 0.29) is 12.5 Å². The fourth-order valence-electron chi connectivity index (χ4n) is 5.74. The van der Waals surface area contributed by atoms with Gasteiger partial charge in [0.2, 0.25) is 0 Å². The van der Waals surface area contributed by atoms with Crippen LogP contribution in [0.25, 0.3) is 33.6 Å². The van der Waals surface area contributed by atoms with Gasteiger partial charge in [-0.15, -0.1) is 0 Å². The number of aryl methyl sites for hydroxylation is 1. The highest BCUT2D eigenvalue weighted by Gasteiger charge is 2.30. The summed E-state index contributed by atoms with van der Waals surface area (Å²) in [5, 5.41) is 4.85. The molecule has 212 valence electrons. The molecule has 11 heteroatoms. The minimum Gasteiger partial charge on any atom is -0.491 e. The summed E-state index contributed by atoms with van der Waals surface area (Å²) in [5.41, 5.74) is 11.5. The van der Waals surface area contributed by atoms with Crippen molar-refractivity contribution in [3.05, 3.63) is 59.6 Å². The van der Waals surface area contributed by atoms with E-state index in [1.54, 1.807) is 17.4 Å². The molecular formula is C30H32FN7O3. The van der Waals surface area contributed by atoms with E-state index in [0.717, 1.165) is 51.6 Å². The number of benzene rings is 1. The Bertz CT molecular complexity index is 1740. The van der Waals surface area contributed by atoms with Crippen molar-refractivity contribution in [3.63, 3.8) is 0 Å². The molecule has 1 atom stereocenters. The first-order chi connectivity index (χ1) is 20.0. The van der Waals surface area contributed by atoms with Crippen LogP contribution in [0, 0.1) is 5.92 Å². The van der Waals surface area contributed by atoms with Crippen molar-refractivity contribution < 1.29 is 18.4 Å². The molecule has 0 bridgehead atoms. The minimum atomic E-state index is -0.691. The van der Waals surface area contributed by atoms with Crippen LogP contribution in [-0.2, 0) is 26.4 Å². The quantitative estimate of drug-likeness (QED) is 0.277. The maximum absolute atomic E-state index is 13.2. The summed E-state index contributed by atoms with van der Waals surface area (Å²) in [6.45, 7) is 1.37. The van der Waals surface area contributed by atoms with Crippen molar-refractivity contribution in [2.75, 3.05) is 26.4 Å². The lowest BCUT2D eigenvalue weighted by molar-refractivity contribution is 0.0723. The van der Waals surface area contributed by atoms with E-state index in [4.69, 9.17) is 25.0 Å². The minimum absolute atomic E-state index is 0.174. The highest BCUT2D eigenvalue weighted by molar-refractivity contribution is 5.99. The number of alkyl halides is 1. The molecule has 0 radical (unpaired) electrons. The fraction of sp³-hybridized carbons (Fsp3) is 0.400. The largest absolute Gasteiger partial charge is 0.491 e. The second-order valence-corrected chi connectivity index (χ2v) is 11.1. The normalized spacial score (nSPS) is 16.1. The van der Waals surface area contributed by atoms with Crippen molar-refractivity contribution in [2.45, 2.75) is 38.3 Å². The standard InChI is InChI=1S/C30H32FN7O3/c1-36-28-24(12-22-23(34-28)7-9-37(30(22)39)16-21(32)13-31)35-29(36)25-11-20-3-2-4-26(27(20)38(25)15-18-5-6-18)40-10-8-19-14-33-41-17-19/h2-4,11-12,14,17-18,21H,5-10,13,15-16,32H2,1H3/t21-/m1/s1. The number of fused-ring (bicyclic) bond motifs is 3. The Morgan fingerprint density at radius 1 is 1.24 bits per heavy atom. The molecule has 41 heavy (non-hydrogen) atoms. The summed E-state index contributed by atoms with van der Waals surface area (Å²) in [7, 11) is 1.97. The third-order valence-corrected chi connectivity index (χ3v) is 8.09. The van der Waals surface area contributed by atoms with Crippen molar-refractivity contribution in [1.29, 1.82) is 0 Å². The van der Waals surface area contributed by atoms with Gasteiger partial charge in [-0.25, -0.2) is 14.4 Å². The van der Waals surface area contributed by atoms with Gasteiger partial charge in [0.05, 0.1) is 41.3 Å². The zero-order chi connectivity index (χ0) is 28.1. The van der Waals surface area contributed by atoms with E-state index < -0.39 is 12.7 Å². The number of hydrogen-bond acceptors (Lipinski definition) is 7. The number of hydrogen-bond donors (Lipinski definition) is 1. The number of halogens is 1. The van der Waals surface area contributed by atoms with Gasteiger partial charge in [0.1, 0.15) is 24.2 Å². The molecule has 1 aliphatic carbocycles. The van der Waals surface area contributed by atoms with Crippen LogP contribution in [0.5, 0.6) is 5.75 Å². The maximum atomic E-state index is 13.2. The Morgan fingerprint density at radius 2 is 2.12 bits per heavy atom. The highest BCUT2D eigenvalue weighted by atomic mass is 19.1. The summed E-state index contributed by atoms with van der Waals surface area (Å²) in [6.07, 6.45) is 7.05. The van der Waals surface area contributed by atoms with Crippen LogP contribution in [0.1, 0.15) is 34.5 Å². The molecule has 10 nitrogen and oxygen atoms in total. The number of para-hydroxylation sites is 1. The number of pyridine rings is 1. The summed E-state index contributed by atoms with van der Waals surface area (Å²) < 4.78 is 28.6. The van der Waals surface area contributed by atoms with Crippen LogP contribution in [-0.4, -0.2) is 67.5 Å². The van der Waals surface area contributed by atoms with Gasteiger partial charge in [-0.1, -0.05) is 17.3 Å². The number of rotatable bonds is 10. The molecule has 1 aromatic carbocycles. The van der Waals surface area contributed by atoms with Gasteiger partial charge in [0, 0.05) is 50.5 Å². The van der Waals surface area contributed by atoms with Gasteiger partial charge in [-0.2, -0.15) is 0 Å². The first-order valence-corrected chi connectivity index (χ1v) is 14.1. The number of ether oxygens (including phenoxy) is 1. The van der Waals surface area contributed by atoms with Crippen LogP contribution in [0.15, 0.2) is 47.3 Å². The van der Waals surface area contributed by atoms with Crippen LogP contribution >= 0.6 is 0 Å². The smallest absolute Gasteiger partial charge is 0.255 e. The molecule has 2 aliphatic rings. The van der Waals surface area contributed by atoms with E-state index in [1.165, 1.54) is 12.8 Å². The van der Waals surface area contributed by atoms with E-state index in [2.05, 4.69) is 21.9 Å². The molecule has 1 aliphatic heterocycles. The Labute approximate surface area is 235 Å². The number of amides is 1. The first kappa shape index (κ1) is 25.7. The van der Waals surface area contributed by atoms with Gasteiger partial charge in [0.15, 0.2) is 11.5 Å². The lowest BCUT2D eigenvalue weighted by Gasteiger charge is -2.29. The van der Waals surface area contributed by atoms with Gasteiger partial charge in [-0.05, 0) is 37.0 Å². The van der Waals surface area contributed by atoms with Crippen molar-refractivity contribution in [3.8, 4) is 17.3 Å². The zero-order valence-corrected chi connectivity index (χ0v) is 22.9. The topological polar surface area (TPSA) is 117 Å². The number of carbonyl (C=O) groups is 1. The third-order valence-electron chi connectivity index (χ3n) is 8.09. The molecule has 1 amide bonds. The second-order valence-electron chi connectivity index (χ2n) is 11.1. The molecule has 1 saturated carbocycles. The predicted octanol–water partition coefficient (Wildman–Crippen LogP) is 3.90. The molecule has 0 spiro atoms. The molecule has 5 aromatic rings. The number of nitrogens with zero attached hydrogens (tertiary/aromatic N) is 6. The van der Waals surface area contributed by atoms with E-state index in [0.29, 0.717) is 43.0 Å². The number of nitrogens with two attached hydrogens (primary N) is 1. The van der Waals surface area contributed by atoms with Crippen LogP contribution in [0.2, 0.25) is 0 Å². The van der Waals surface area contributed by atoms with E-state index in [1.807, 2.05) is 29.8 Å². The molecule has 0 saturated heterocycles. The van der Waals surface area contributed by atoms with Crippen molar-refractivity contribution >= 4 is 28.0 Å². The zero-order valence-electron chi connectivity index (χ0n) is 22.9. The summed E-state index contributed by atoms with van der Waals surface area (Å²) in [6, 6.07) is 9.42. The van der Waals surface area contributed by atoms with Gasteiger partial charge in [-0.3, -0.25) is 4.79 Å². The molecule has 0 unspecified atom stereocenters. The SMILES string of the molecule is Cn1c(-c2cc3cccc(OCCc4cnoc4)c3n2CC2CC2)nc2cc3c(nc21)CCN(C[C@H](N)CF)C3=O.